The van der Waals surface area contributed by atoms with Crippen LogP contribution in [-0.2, 0) is 0 Å². The summed E-state index contributed by atoms with van der Waals surface area (Å²) in [5, 5.41) is 0.439. The highest BCUT2D eigenvalue weighted by Crippen LogP contribution is 2.32. The van der Waals surface area contributed by atoms with Crippen LogP contribution in [0.2, 0.25) is 0 Å². The number of aryl methyl sites for hydroxylation is 1. The highest BCUT2D eigenvalue weighted by molar-refractivity contribution is 9.10. The van der Waals surface area contributed by atoms with Crippen molar-refractivity contribution in [1.29, 1.82) is 0 Å². The average Bonchev–Trinajstić information content (AvgIpc) is 2.57. The molecule has 3 aromatic rings. The lowest BCUT2D eigenvalue weighted by Gasteiger charge is -2.09. The molecule has 118 valence electrons. The molecule has 0 fully saturated rings. The number of fused-ring (bicyclic) bond motifs is 1. The van der Waals surface area contributed by atoms with E-state index in [-0.39, 0.29) is 5.89 Å². The SMILES string of the molecule is COc1ccc(-c2nc3ccc(C)c(Br)c3c(=O)o2)cc1OC. The zero-order valence-corrected chi connectivity index (χ0v) is 14.4. The van der Waals surface area contributed by atoms with Crippen molar-refractivity contribution < 1.29 is 13.9 Å². The van der Waals surface area contributed by atoms with Crippen LogP contribution in [0.3, 0.4) is 0 Å². The van der Waals surface area contributed by atoms with Gasteiger partial charge in [-0.3, -0.25) is 0 Å². The van der Waals surface area contributed by atoms with Crippen molar-refractivity contribution in [3.63, 3.8) is 0 Å². The summed E-state index contributed by atoms with van der Waals surface area (Å²) in [6.07, 6.45) is 0. The van der Waals surface area contributed by atoms with E-state index in [4.69, 9.17) is 13.9 Å². The third-order valence-electron chi connectivity index (χ3n) is 3.56. The van der Waals surface area contributed by atoms with Crippen molar-refractivity contribution in [2.24, 2.45) is 0 Å². The third kappa shape index (κ3) is 2.70. The van der Waals surface area contributed by atoms with Gasteiger partial charge in [-0.15, -0.1) is 0 Å². The zero-order valence-electron chi connectivity index (χ0n) is 12.8. The number of aromatic nitrogens is 1. The normalized spacial score (nSPS) is 10.8. The number of nitrogens with zero attached hydrogens (tertiary/aromatic N) is 1. The lowest BCUT2D eigenvalue weighted by atomic mass is 10.1. The van der Waals surface area contributed by atoms with Gasteiger partial charge >= 0.3 is 5.63 Å². The maximum Gasteiger partial charge on any atom is 0.348 e. The molecule has 0 aliphatic carbocycles. The van der Waals surface area contributed by atoms with Crippen LogP contribution >= 0.6 is 15.9 Å². The smallest absolute Gasteiger partial charge is 0.348 e. The molecular weight excluding hydrogens is 362 g/mol. The molecule has 0 N–H and O–H groups in total. The molecule has 2 aromatic carbocycles. The highest BCUT2D eigenvalue weighted by Gasteiger charge is 2.14. The first-order valence-electron chi connectivity index (χ1n) is 6.87. The number of rotatable bonds is 3. The van der Waals surface area contributed by atoms with Gasteiger partial charge in [0.1, 0.15) is 5.39 Å². The van der Waals surface area contributed by atoms with Crippen molar-refractivity contribution in [3.05, 3.63) is 50.8 Å². The predicted molar refractivity (Wildman–Crippen MR) is 91.3 cm³/mol. The van der Waals surface area contributed by atoms with E-state index in [2.05, 4.69) is 20.9 Å². The number of benzene rings is 2. The molecule has 0 unspecified atom stereocenters. The first kappa shape index (κ1) is 15.6. The summed E-state index contributed by atoms with van der Waals surface area (Å²) < 4.78 is 16.6. The van der Waals surface area contributed by atoms with Gasteiger partial charge in [0, 0.05) is 10.0 Å². The van der Waals surface area contributed by atoms with Crippen LogP contribution in [0.25, 0.3) is 22.4 Å². The molecule has 1 heterocycles. The molecule has 1 aromatic heterocycles. The van der Waals surface area contributed by atoms with Crippen molar-refractivity contribution in [2.75, 3.05) is 14.2 Å². The third-order valence-corrected chi connectivity index (χ3v) is 4.58. The molecule has 0 aliphatic rings. The van der Waals surface area contributed by atoms with Crippen LogP contribution < -0.4 is 15.1 Å². The van der Waals surface area contributed by atoms with E-state index < -0.39 is 5.63 Å². The monoisotopic (exact) mass is 375 g/mol. The Morgan fingerprint density at radius 2 is 1.83 bits per heavy atom. The number of hydrogen-bond acceptors (Lipinski definition) is 5. The number of halogens is 1. The molecule has 0 atom stereocenters. The predicted octanol–water partition coefficient (Wildman–Crippen LogP) is 3.94. The second-order valence-electron chi connectivity index (χ2n) is 4.97. The molecule has 5 nitrogen and oxygen atoms in total. The van der Waals surface area contributed by atoms with Crippen LogP contribution in [0, 0.1) is 6.92 Å². The summed E-state index contributed by atoms with van der Waals surface area (Å²) in [5.74, 6) is 1.37. The minimum atomic E-state index is -0.435. The van der Waals surface area contributed by atoms with Gasteiger partial charge in [-0.2, -0.15) is 0 Å². The van der Waals surface area contributed by atoms with E-state index in [1.165, 1.54) is 0 Å². The van der Waals surface area contributed by atoms with Gasteiger partial charge in [0.05, 0.1) is 19.7 Å². The first-order chi connectivity index (χ1) is 11.0. The Morgan fingerprint density at radius 3 is 2.52 bits per heavy atom. The first-order valence-corrected chi connectivity index (χ1v) is 7.67. The topological polar surface area (TPSA) is 61.6 Å². The highest BCUT2D eigenvalue weighted by atomic mass is 79.9. The molecule has 0 aliphatic heterocycles. The fraction of sp³-hybridized carbons (Fsp3) is 0.176. The summed E-state index contributed by atoms with van der Waals surface area (Å²) >= 11 is 3.42. The van der Waals surface area contributed by atoms with Crippen LogP contribution in [0.4, 0.5) is 0 Å². The van der Waals surface area contributed by atoms with Crippen molar-refractivity contribution >= 4 is 26.8 Å². The van der Waals surface area contributed by atoms with Gasteiger partial charge < -0.3 is 13.9 Å². The maximum atomic E-state index is 12.3. The molecule has 23 heavy (non-hydrogen) atoms. The molecule has 6 heteroatoms. The van der Waals surface area contributed by atoms with E-state index >= 15 is 0 Å². The van der Waals surface area contributed by atoms with Crippen molar-refractivity contribution in [3.8, 4) is 23.0 Å². The van der Waals surface area contributed by atoms with Gasteiger partial charge in [-0.1, -0.05) is 6.07 Å². The summed E-state index contributed by atoms with van der Waals surface area (Å²) in [6, 6.07) is 8.93. The zero-order chi connectivity index (χ0) is 16.6. The Kier molecular flexibility index (Phi) is 4.09. The molecular formula is C17H14BrNO4. The average molecular weight is 376 g/mol. The number of hydrogen-bond donors (Lipinski definition) is 0. The summed E-state index contributed by atoms with van der Waals surface area (Å²) in [6.45, 7) is 1.91. The van der Waals surface area contributed by atoms with Gasteiger partial charge in [0.15, 0.2) is 11.5 Å². The Bertz CT molecular complexity index is 949. The fourth-order valence-corrected chi connectivity index (χ4v) is 2.82. The van der Waals surface area contributed by atoms with Gasteiger partial charge in [-0.25, -0.2) is 9.78 Å². The summed E-state index contributed by atoms with van der Waals surface area (Å²) in [5.41, 5.74) is 1.72. The van der Waals surface area contributed by atoms with E-state index in [0.29, 0.717) is 32.4 Å². The van der Waals surface area contributed by atoms with Crippen LogP contribution in [0.15, 0.2) is 44.0 Å². The van der Waals surface area contributed by atoms with Crippen LogP contribution in [0.1, 0.15) is 5.56 Å². The summed E-state index contributed by atoms with van der Waals surface area (Å²) in [7, 11) is 3.11. The molecule has 0 saturated carbocycles. The molecule has 3 rings (SSSR count). The molecule has 0 spiro atoms. The van der Waals surface area contributed by atoms with Gasteiger partial charge in [0.25, 0.3) is 0 Å². The van der Waals surface area contributed by atoms with Gasteiger partial charge in [0.2, 0.25) is 5.89 Å². The van der Waals surface area contributed by atoms with E-state index in [1.807, 2.05) is 13.0 Å². The maximum absolute atomic E-state index is 12.3. The Labute approximate surface area is 141 Å². The molecule has 0 amide bonds. The number of methoxy groups -OCH3 is 2. The molecule has 0 radical (unpaired) electrons. The standard InChI is InChI=1S/C17H14BrNO4/c1-9-4-6-11-14(15(9)18)17(20)23-16(19-11)10-5-7-12(21-2)13(8-10)22-3/h4-8H,1-3H3. The molecule has 0 saturated heterocycles. The van der Waals surface area contributed by atoms with Crippen molar-refractivity contribution in [1.82, 2.24) is 4.98 Å². The Balaban J connectivity index is 2.22. The van der Waals surface area contributed by atoms with Crippen molar-refractivity contribution in [2.45, 2.75) is 6.92 Å². The van der Waals surface area contributed by atoms with E-state index in [0.717, 1.165) is 5.56 Å². The van der Waals surface area contributed by atoms with Crippen LogP contribution in [-0.4, -0.2) is 19.2 Å². The quantitative estimate of drug-likeness (QED) is 0.693. The summed E-state index contributed by atoms with van der Waals surface area (Å²) in [4.78, 5) is 16.8. The lowest BCUT2D eigenvalue weighted by Crippen LogP contribution is -2.04. The largest absolute Gasteiger partial charge is 0.493 e. The lowest BCUT2D eigenvalue weighted by molar-refractivity contribution is 0.355. The second-order valence-corrected chi connectivity index (χ2v) is 5.76. The second kappa shape index (κ2) is 6.04. The van der Waals surface area contributed by atoms with Crippen LogP contribution in [0.5, 0.6) is 11.5 Å². The molecule has 0 bridgehead atoms. The fourth-order valence-electron chi connectivity index (χ4n) is 2.32. The minimum absolute atomic E-state index is 0.235. The van der Waals surface area contributed by atoms with Gasteiger partial charge in [-0.05, 0) is 52.7 Å². The van der Waals surface area contributed by atoms with E-state index in [9.17, 15) is 4.79 Å². The minimum Gasteiger partial charge on any atom is -0.493 e. The number of ether oxygens (including phenoxy) is 2. The Morgan fingerprint density at radius 1 is 1.09 bits per heavy atom. The Hall–Kier alpha value is -2.34. The van der Waals surface area contributed by atoms with E-state index in [1.54, 1.807) is 38.5 Å².